The third-order valence-corrected chi connectivity index (χ3v) is 3.58. The summed E-state index contributed by atoms with van der Waals surface area (Å²) in [4.78, 5) is 0. The Bertz CT molecular complexity index is 129. The van der Waals surface area contributed by atoms with E-state index in [2.05, 4.69) is 0 Å². The van der Waals surface area contributed by atoms with Crippen molar-refractivity contribution in [2.24, 2.45) is 17.6 Å². The molecule has 1 nitrogen and oxygen atoms in total. The molecule has 0 aliphatic heterocycles. The zero-order chi connectivity index (χ0) is 7.68. The Labute approximate surface area is 69.4 Å². The summed E-state index contributed by atoms with van der Waals surface area (Å²) in [6.07, 6.45) is 9.99. The van der Waals surface area contributed by atoms with Crippen molar-refractivity contribution in [3.05, 3.63) is 0 Å². The maximum Gasteiger partial charge on any atom is 0.00672 e. The highest BCUT2D eigenvalue weighted by molar-refractivity contribution is 4.84. The second-order valence-electron chi connectivity index (χ2n) is 4.39. The van der Waals surface area contributed by atoms with Gasteiger partial charge in [0.25, 0.3) is 0 Å². The Balaban J connectivity index is 1.75. The van der Waals surface area contributed by atoms with E-state index in [0.717, 1.165) is 11.8 Å². The van der Waals surface area contributed by atoms with Crippen LogP contribution in [0.15, 0.2) is 0 Å². The van der Waals surface area contributed by atoms with Gasteiger partial charge in [-0.05, 0) is 31.1 Å². The van der Waals surface area contributed by atoms with Crippen LogP contribution < -0.4 is 5.73 Å². The minimum Gasteiger partial charge on any atom is -0.327 e. The molecule has 2 N–H and O–H groups in total. The first-order valence-electron chi connectivity index (χ1n) is 5.12. The van der Waals surface area contributed by atoms with Crippen LogP contribution in [0.2, 0.25) is 0 Å². The first-order valence-corrected chi connectivity index (χ1v) is 5.12. The van der Waals surface area contributed by atoms with Gasteiger partial charge in [-0.25, -0.2) is 0 Å². The predicted molar refractivity (Wildman–Crippen MR) is 47.3 cm³/mol. The molecular formula is C10H19N. The summed E-state index contributed by atoms with van der Waals surface area (Å²) in [5, 5.41) is 0. The molecule has 1 heteroatoms. The van der Waals surface area contributed by atoms with E-state index in [0.29, 0.717) is 6.04 Å². The summed E-state index contributed by atoms with van der Waals surface area (Å²) < 4.78 is 0. The van der Waals surface area contributed by atoms with Gasteiger partial charge in [-0.3, -0.25) is 0 Å². The van der Waals surface area contributed by atoms with E-state index in [1.165, 1.54) is 44.9 Å². The highest BCUT2D eigenvalue weighted by Gasteiger charge is 2.28. The monoisotopic (exact) mass is 153 g/mol. The number of nitrogens with two attached hydrogens (primary N) is 1. The van der Waals surface area contributed by atoms with Gasteiger partial charge in [0.1, 0.15) is 0 Å². The summed E-state index contributed by atoms with van der Waals surface area (Å²) in [5.41, 5.74) is 6.01. The average Bonchev–Trinajstić information content (AvgIpc) is 2.27. The van der Waals surface area contributed by atoms with Crippen LogP contribution in [0, 0.1) is 11.8 Å². The largest absolute Gasteiger partial charge is 0.327 e. The van der Waals surface area contributed by atoms with E-state index in [1.54, 1.807) is 0 Å². The molecule has 2 aliphatic carbocycles. The van der Waals surface area contributed by atoms with E-state index >= 15 is 0 Å². The van der Waals surface area contributed by atoms with Gasteiger partial charge in [0.2, 0.25) is 0 Å². The highest BCUT2D eigenvalue weighted by Crippen LogP contribution is 2.37. The molecule has 11 heavy (non-hydrogen) atoms. The summed E-state index contributed by atoms with van der Waals surface area (Å²) in [6, 6.07) is 0.551. The van der Waals surface area contributed by atoms with Crippen LogP contribution >= 0.6 is 0 Å². The number of hydrogen-bond acceptors (Lipinski definition) is 1. The second-order valence-corrected chi connectivity index (χ2v) is 4.39. The van der Waals surface area contributed by atoms with Crippen molar-refractivity contribution in [2.75, 3.05) is 0 Å². The van der Waals surface area contributed by atoms with Crippen LogP contribution in [-0.2, 0) is 0 Å². The van der Waals surface area contributed by atoms with Gasteiger partial charge in [-0.1, -0.05) is 25.7 Å². The molecule has 64 valence electrons. The lowest BCUT2D eigenvalue weighted by Gasteiger charge is -2.29. The smallest absolute Gasteiger partial charge is 0.00672 e. The molecule has 2 fully saturated rings. The minimum absolute atomic E-state index is 0.551. The Morgan fingerprint density at radius 1 is 1.00 bits per heavy atom. The molecule has 2 unspecified atom stereocenters. The molecule has 2 atom stereocenters. The normalized spacial score (nSPS) is 39.0. The summed E-state index contributed by atoms with van der Waals surface area (Å²) in [7, 11) is 0. The van der Waals surface area contributed by atoms with Crippen LogP contribution in [-0.4, -0.2) is 6.04 Å². The lowest BCUT2D eigenvalue weighted by Crippen LogP contribution is -2.27. The summed E-state index contributed by atoms with van der Waals surface area (Å²) in [5.74, 6) is 1.95. The number of rotatable bonds is 2. The van der Waals surface area contributed by atoms with Crippen LogP contribution in [0.1, 0.15) is 44.9 Å². The Morgan fingerprint density at radius 2 is 1.73 bits per heavy atom. The quantitative estimate of drug-likeness (QED) is 0.647. The molecule has 0 radical (unpaired) electrons. The molecule has 0 heterocycles. The van der Waals surface area contributed by atoms with Crippen molar-refractivity contribution in [1.29, 1.82) is 0 Å². The topological polar surface area (TPSA) is 26.0 Å². The van der Waals surface area contributed by atoms with E-state index in [9.17, 15) is 0 Å². The predicted octanol–water partition coefficient (Wildman–Crippen LogP) is 2.30. The molecular weight excluding hydrogens is 134 g/mol. The van der Waals surface area contributed by atoms with Crippen molar-refractivity contribution in [3.63, 3.8) is 0 Å². The standard InChI is InChI=1S/C10H19N/c11-10-6-2-5-9(10)7-8-3-1-4-8/h8-10H,1-7,11H2. The maximum atomic E-state index is 6.01. The summed E-state index contributed by atoms with van der Waals surface area (Å²) >= 11 is 0. The van der Waals surface area contributed by atoms with Gasteiger partial charge in [-0.15, -0.1) is 0 Å². The van der Waals surface area contributed by atoms with Crippen molar-refractivity contribution >= 4 is 0 Å². The summed E-state index contributed by atoms with van der Waals surface area (Å²) in [6.45, 7) is 0. The third kappa shape index (κ3) is 1.58. The van der Waals surface area contributed by atoms with Gasteiger partial charge in [0, 0.05) is 6.04 Å². The van der Waals surface area contributed by atoms with E-state index < -0.39 is 0 Å². The van der Waals surface area contributed by atoms with Gasteiger partial charge in [-0.2, -0.15) is 0 Å². The fraction of sp³-hybridized carbons (Fsp3) is 1.00. The van der Waals surface area contributed by atoms with Crippen molar-refractivity contribution in [3.8, 4) is 0 Å². The Hall–Kier alpha value is -0.0400. The molecule has 2 saturated carbocycles. The minimum atomic E-state index is 0.551. The zero-order valence-electron chi connectivity index (χ0n) is 7.26. The molecule has 0 amide bonds. The van der Waals surface area contributed by atoms with Crippen LogP contribution in [0.4, 0.5) is 0 Å². The Morgan fingerprint density at radius 3 is 2.18 bits per heavy atom. The number of hydrogen-bond donors (Lipinski definition) is 1. The van der Waals surface area contributed by atoms with E-state index in [4.69, 9.17) is 5.73 Å². The molecule has 0 aromatic heterocycles. The third-order valence-electron chi connectivity index (χ3n) is 3.58. The first-order chi connectivity index (χ1) is 5.36. The molecule has 0 aromatic carbocycles. The van der Waals surface area contributed by atoms with Gasteiger partial charge >= 0.3 is 0 Å². The lowest BCUT2D eigenvalue weighted by atomic mass is 9.78. The first kappa shape index (κ1) is 7.60. The molecule has 2 rings (SSSR count). The molecule has 0 saturated heterocycles. The van der Waals surface area contributed by atoms with Crippen LogP contribution in [0.25, 0.3) is 0 Å². The lowest BCUT2D eigenvalue weighted by molar-refractivity contribution is 0.241. The van der Waals surface area contributed by atoms with E-state index in [-0.39, 0.29) is 0 Å². The fourth-order valence-corrected chi connectivity index (χ4v) is 2.51. The van der Waals surface area contributed by atoms with Gasteiger partial charge in [0.05, 0.1) is 0 Å². The zero-order valence-corrected chi connectivity index (χ0v) is 7.26. The van der Waals surface area contributed by atoms with Crippen molar-refractivity contribution in [2.45, 2.75) is 51.0 Å². The van der Waals surface area contributed by atoms with Gasteiger partial charge in [0.15, 0.2) is 0 Å². The average molecular weight is 153 g/mol. The Kier molecular flexibility index (Phi) is 2.17. The van der Waals surface area contributed by atoms with E-state index in [1.807, 2.05) is 0 Å². The van der Waals surface area contributed by atoms with Crippen molar-refractivity contribution in [1.82, 2.24) is 0 Å². The highest BCUT2D eigenvalue weighted by atomic mass is 14.7. The van der Waals surface area contributed by atoms with Crippen molar-refractivity contribution < 1.29 is 0 Å². The SMILES string of the molecule is NC1CCCC1CC1CCC1. The molecule has 0 spiro atoms. The molecule has 2 aliphatic rings. The molecule has 0 aromatic rings. The molecule has 0 bridgehead atoms. The second kappa shape index (κ2) is 3.14. The van der Waals surface area contributed by atoms with Gasteiger partial charge < -0.3 is 5.73 Å². The fourth-order valence-electron chi connectivity index (χ4n) is 2.51. The maximum absolute atomic E-state index is 6.01. The van der Waals surface area contributed by atoms with Crippen LogP contribution in [0.5, 0.6) is 0 Å². The van der Waals surface area contributed by atoms with Crippen LogP contribution in [0.3, 0.4) is 0 Å².